The van der Waals surface area contributed by atoms with Gasteiger partial charge in [0.15, 0.2) is 0 Å². The van der Waals surface area contributed by atoms with Gasteiger partial charge in [-0.15, -0.1) is 0 Å². The van der Waals surface area contributed by atoms with Crippen molar-refractivity contribution in [2.24, 2.45) is 0 Å². The Morgan fingerprint density at radius 2 is 1.81 bits per heavy atom. The quantitative estimate of drug-likeness (QED) is 0.302. The Hall–Kier alpha value is -1.76. The van der Waals surface area contributed by atoms with Crippen LogP contribution in [0.3, 0.4) is 0 Å². The monoisotopic (exact) mass is 543 g/mol. The second-order valence-corrected chi connectivity index (χ2v) is 11.2. The van der Waals surface area contributed by atoms with Crippen molar-refractivity contribution in [2.45, 2.75) is 57.8 Å². The molecular formula is C24H26NNaO8S2. The molecule has 12 heteroatoms. The zero-order valence-electron chi connectivity index (χ0n) is 20.8. The maximum atomic E-state index is 11.8. The van der Waals surface area contributed by atoms with E-state index in [9.17, 15) is 22.6 Å². The third-order valence-corrected chi connectivity index (χ3v) is 7.76. The van der Waals surface area contributed by atoms with Crippen molar-refractivity contribution in [3.05, 3.63) is 52.1 Å². The molecule has 2 aromatic carbocycles. The first kappa shape index (κ1) is 28.8. The van der Waals surface area contributed by atoms with Crippen LogP contribution in [0, 0.1) is 20.8 Å². The van der Waals surface area contributed by atoms with Crippen molar-refractivity contribution >= 4 is 33.3 Å². The Bertz CT molecular complexity index is 1300. The van der Waals surface area contributed by atoms with Gasteiger partial charge in [0.2, 0.25) is 5.91 Å². The van der Waals surface area contributed by atoms with E-state index < -0.39 is 21.2 Å². The van der Waals surface area contributed by atoms with Crippen LogP contribution in [-0.2, 0) is 28.0 Å². The summed E-state index contributed by atoms with van der Waals surface area (Å²) in [5, 5.41) is 1.55. The van der Waals surface area contributed by atoms with E-state index in [1.54, 1.807) is 20.8 Å². The van der Waals surface area contributed by atoms with Gasteiger partial charge in [-0.3, -0.25) is 14.9 Å². The van der Waals surface area contributed by atoms with Gasteiger partial charge in [0, 0.05) is 5.56 Å². The third kappa shape index (κ3) is 6.38. The fraction of sp³-hybridized carbons (Fsp3) is 0.417. The average Bonchev–Trinajstić information content (AvgIpc) is 3.10. The molecule has 1 fully saturated rings. The minimum atomic E-state index is -4.89. The number of carbonyl (C=O) groups excluding carboxylic acids is 2. The Balaban J connectivity index is 0.00000361. The molecule has 2 aromatic rings. The van der Waals surface area contributed by atoms with E-state index in [0.29, 0.717) is 47.5 Å². The Morgan fingerprint density at radius 1 is 1.14 bits per heavy atom. The van der Waals surface area contributed by atoms with E-state index in [4.69, 9.17) is 13.7 Å². The Labute approximate surface area is 236 Å². The third-order valence-electron chi connectivity index (χ3n) is 6.40. The Kier molecular flexibility index (Phi) is 8.74. The SMILES string of the molecule is Cc1c(C)c2c(c(C)c1OS(=O)(=O)[O-])CCC(C)(COc1ccc(CC3SC(=O)NC3=O)cc1)O2.[Na+]. The second kappa shape index (κ2) is 10.9. The zero-order chi connectivity index (χ0) is 25.5. The van der Waals surface area contributed by atoms with Crippen LogP contribution in [0.2, 0.25) is 0 Å². The summed E-state index contributed by atoms with van der Waals surface area (Å²) in [6.45, 7) is 7.46. The molecule has 0 aliphatic carbocycles. The number of carbonyl (C=O) groups is 2. The summed E-state index contributed by atoms with van der Waals surface area (Å²) in [5.74, 6) is 1.11. The van der Waals surface area contributed by atoms with E-state index >= 15 is 0 Å². The van der Waals surface area contributed by atoms with Crippen LogP contribution in [0.5, 0.6) is 17.2 Å². The van der Waals surface area contributed by atoms with E-state index in [-0.39, 0.29) is 53.1 Å². The molecule has 2 unspecified atom stereocenters. The molecule has 0 radical (unpaired) electrons. The fourth-order valence-electron chi connectivity index (χ4n) is 4.31. The van der Waals surface area contributed by atoms with Gasteiger partial charge in [0.25, 0.3) is 15.6 Å². The molecule has 2 amide bonds. The zero-order valence-corrected chi connectivity index (χ0v) is 24.4. The molecule has 4 rings (SSSR count). The van der Waals surface area contributed by atoms with Gasteiger partial charge in [-0.2, -0.15) is 0 Å². The number of imide groups is 1. The molecule has 0 spiro atoms. The van der Waals surface area contributed by atoms with E-state index in [0.717, 1.165) is 22.9 Å². The van der Waals surface area contributed by atoms with Crippen molar-refractivity contribution in [1.29, 1.82) is 0 Å². The molecule has 1 saturated heterocycles. The summed E-state index contributed by atoms with van der Waals surface area (Å²) in [5.41, 5.74) is 2.96. The minimum Gasteiger partial charge on any atom is -0.716 e. The smallest absolute Gasteiger partial charge is 0.716 e. The van der Waals surface area contributed by atoms with Crippen LogP contribution in [0.1, 0.15) is 41.2 Å². The second-order valence-electron chi connectivity index (χ2n) is 9.08. The molecule has 2 aliphatic heterocycles. The molecule has 9 nitrogen and oxygen atoms in total. The van der Waals surface area contributed by atoms with E-state index in [1.807, 2.05) is 31.2 Å². The van der Waals surface area contributed by atoms with Crippen LogP contribution in [0.25, 0.3) is 0 Å². The fourth-order valence-corrected chi connectivity index (χ4v) is 5.62. The van der Waals surface area contributed by atoms with Gasteiger partial charge in [-0.25, -0.2) is 8.42 Å². The van der Waals surface area contributed by atoms with E-state index in [1.165, 1.54) is 0 Å². The number of hydrogen-bond donors (Lipinski definition) is 1. The average molecular weight is 544 g/mol. The van der Waals surface area contributed by atoms with Gasteiger partial charge >= 0.3 is 29.6 Å². The number of nitrogens with one attached hydrogen (secondary N) is 1. The summed E-state index contributed by atoms with van der Waals surface area (Å²) in [6.07, 6.45) is 1.68. The number of benzene rings is 2. The van der Waals surface area contributed by atoms with Gasteiger partial charge in [0.1, 0.15) is 29.5 Å². The molecule has 2 heterocycles. The summed E-state index contributed by atoms with van der Waals surface area (Å²) < 4.78 is 50.7. The first-order valence-corrected chi connectivity index (χ1v) is 13.3. The molecule has 2 atom stereocenters. The summed E-state index contributed by atoms with van der Waals surface area (Å²) in [4.78, 5) is 23.1. The molecule has 36 heavy (non-hydrogen) atoms. The van der Waals surface area contributed by atoms with Crippen molar-refractivity contribution in [1.82, 2.24) is 5.32 Å². The number of thioether (sulfide) groups is 1. The van der Waals surface area contributed by atoms with Gasteiger partial charge in [-0.1, -0.05) is 23.9 Å². The van der Waals surface area contributed by atoms with Crippen LogP contribution in [0.4, 0.5) is 4.79 Å². The van der Waals surface area contributed by atoms with Gasteiger partial charge in [-0.05, 0) is 81.3 Å². The largest absolute Gasteiger partial charge is 1.00 e. The maximum absolute atomic E-state index is 11.8. The van der Waals surface area contributed by atoms with Crippen molar-refractivity contribution in [3.8, 4) is 17.2 Å². The topological polar surface area (TPSA) is 131 Å². The van der Waals surface area contributed by atoms with Crippen molar-refractivity contribution in [2.75, 3.05) is 6.61 Å². The first-order chi connectivity index (χ1) is 16.3. The summed E-state index contributed by atoms with van der Waals surface area (Å²) in [6, 6.07) is 7.38. The molecular weight excluding hydrogens is 517 g/mol. The van der Waals surface area contributed by atoms with Crippen LogP contribution in [-0.4, -0.2) is 41.6 Å². The predicted octanol–water partition coefficient (Wildman–Crippen LogP) is 0.512. The summed E-state index contributed by atoms with van der Waals surface area (Å²) >= 11 is 1.00. The van der Waals surface area contributed by atoms with Crippen LogP contribution < -0.4 is 48.5 Å². The number of amides is 2. The van der Waals surface area contributed by atoms with Crippen molar-refractivity contribution < 1.29 is 65.8 Å². The molecule has 1 N–H and O–H groups in total. The van der Waals surface area contributed by atoms with Crippen molar-refractivity contribution in [3.63, 3.8) is 0 Å². The molecule has 0 bridgehead atoms. The van der Waals surface area contributed by atoms with Crippen LogP contribution in [0.15, 0.2) is 24.3 Å². The van der Waals surface area contributed by atoms with E-state index in [2.05, 4.69) is 5.32 Å². The Morgan fingerprint density at radius 3 is 2.39 bits per heavy atom. The number of rotatable bonds is 7. The van der Waals surface area contributed by atoms with Gasteiger partial charge in [0.05, 0.1) is 5.25 Å². The number of ether oxygens (including phenoxy) is 2. The number of hydrogen-bond acceptors (Lipinski definition) is 9. The van der Waals surface area contributed by atoms with Crippen LogP contribution >= 0.6 is 11.8 Å². The maximum Gasteiger partial charge on any atom is 1.00 e. The molecule has 0 saturated carbocycles. The minimum absolute atomic E-state index is 0. The molecule has 188 valence electrons. The molecule has 2 aliphatic rings. The predicted molar refractivity (Wildman–Crippen MR) is 129 cm³/mol. The standard InChI is InChI=1S/C24H27NO8S2.Na/c1-13-14(2)21-18(15(3)20(13)33-35(28,29)30)9-10-24(4,32-21)12-31-17-7-5-16(6-8-17)11-19-22(26)25-23(27)34-19;/h5-8,19H,9-12H2,1-4H3,(H,25,26,27)(H,28,29,30);/q;+1/p-1. The summed E-state index contributed by atoms with van der Waals surface area (Å²) in [7, 11) is -4.89. The molecule has 0 aromatic heterocycles. The first-order valence-electron chi connectivity index (χ1n) is 11.1. The van der Waals surface area contributed by atoms with Gasteiger partial charge < -0.3 is 18.2 Å². The normalized spacial score (nSPS) is 21.2. The number of fused-ring (bicyclic) bond motifs is 1.